The molecule has 0 bridgehead atoms. The van der Waals surface area contributed by atoms with E-state index in [0.717, 1.165) is 12.1 Å². The maximum atomic E-state index is 9.91. The number of aromatic nitrogens is 2. The topological polar surface area (TPSA) is 47.3 Å². The van der Waals surface area contributed by atoms with Gasteiger partial charge in [-0.3, -0.25) is 4.68 Å². The molecule has 0 fully saturated rings. The van der Waals surface area contributed by atoms with E-state index < -0.39 is 8.32 Å². The Morgan fingerprint density at radius 1 is 1.00 bits per heavy atom. The Labute approximate surface area is 180 Å². The second kappa shape index (κ2) is 8.14. The molecule has 1 aromatic heterocycles. The van der Waals surface area contributed by atoms with Crippen molar-refractivity contribution in [1.82, 2.24) is 9.78 Å². The number of aliphatic hydroxyl groups is 1. The first-order chi connectivity index (χ1) is 14.4. The molecule has 1 heterocycles. The molecule has 2 aromatic carbocycles. The first-order valence-corrected chi connectivity index (χ1v) is 12.7. The van der Waals surface area contributed by atoms with Gasteiger partial charge in [-0.25, -0.2) is 0 Å². The van der Waals surface area contributed by atoms with E-state index in [-0.39, 0.29) is 23.5 Å². The van der Waals surface area contributed by atoms with Gasteiger partial charge in [-0.15, -0.1) is 0 Å². The van der Waals surface area contributed by atoms with E-state index in [0.29, 0.717) is 6.61 Å². The van der Waals surface area contributed by atoms with Crippen molar-refractivity contribution in [3.63, 3.8) is 0 Å². The Bertz CT molecular complexity index is 940. The Kier molecular flexibility index (Phi) is 5.71. The van der Waals surface area contributed by atoms with E-state index in [1.165, 1.54) is 15.9 Å². The molecule has 2 atom stereocenters. The molecule has 5 heteroatoms. The molecule has 4 rings (SSSR count). The fraction of sp³-hybridized carbons (Fsp3) is 0.400. The third-order valence-corrected chi connectivity index (χ3v) is 11.6. The zero-order valence-corrected chi connectivity index (χ0v) is 19.4. The lowest BCUT2D eigenvalue weighted by Crippen LogP contribution is -2.66. The molecule has 0 spiro atoms. The summed E-state index contributed by atoms with van der Waals surface area (Å²) in [6.45, 7) is 7.71. The van der Waals surface area contributed by atoms with E-state index in [4.69, 9.17) is 4.43 Å². The summed E-state index contributed by atoms with van der Waals surface area (Å²) < 4.78 is 9.05. The van der Waals surface area contributed by atoms with Crippen molar-refractivity contribution in [3.8, 4) is 0 Å². The quantitative estimate of drug-likeness (QED) is 0.620. The third-order valence-electron chi connectivity index (χ3n) is 6.55. The first-order valence-electron chi connectivity index (χ1n) is 10.8. The van der Waals surface area contributed by atoms with Crippen LogP contribution in [0.4, 0.5) is 0 Å². The molecule has 4 nitrogen and oxygen atoms in total. The molecule has 158 valence electrons. The monoisotopic (exact) mass is 420 g/mol. The predicted molar refractivity (Wildman–Crippen MR) is 124 cm³/mol. The second-order valence-corrected chi connectivity index (χ2v) is 13.7. The van der Waals surface area contributed by atoms with Gasteiger partial charge in [0.1, 0.15) is 0 Å². The largest absolute Gasteiger partial charge is 0.407 e. The number of aliphatic hydroxyl groups excluding tert-OH is 1. The first kappa shape index (κ1) is 21.0. The summed E-state index contributed by atoms with van der Waals surface area (Å²) in [4.78, 5) is 0. The summed E-state index contributed by atoms with van der Waals surface area (Å²) >= 11 is 0. The van der Waals surface area contributed by atoms with Crippen LogP contribution in [-0.4, -0.2) is 36.4 Å². The summed E-state index contributed by atoms with van der Waals surface area (Å²) in [7, 11) is -0.588. The highest BCUT2D eigenvalue weighted by atomic mass is 28.4. The van der Waals surface area contributed by atoms with Crippen LogP contribution < -0.4 is 10.4 Å². The van der Waals surface area contributed by atoms with Crippen LogP contribution in [-0.2, 0) is 11.5 Å². The smallest absolute Gasteiger partial charge is 0.261 e. The number of nitrogens with zero attached hydrogens (tertiary/aromatic N) is 2. The number of aryl methyl sites for hydroxylation is 1. The summed E-state index contributed by atoms with van der Waals surface area (Å²) in [5.41, 5.74) is 2.39. The van der Waals surface area contributed by atoms with Gasteiger partial charge in [-0.2, -0.15) is 5.10 Å². The van der Waals surface area contributed by atoms with Gasteiger partial charge in [0.05, 0.1) is 12.8 Å². The normalized spacial score (nSPS) is 19.1. The molecule has 30 heavy (non-hydrogen) atoms. The minimum atomic E-state index is -2.55. The fourth-order valence-electron chi connectivity index (χ4n) is 5.17. The van der Waals surface area contributed by atoms with Crippen LogP contribution >= 0.6 is 0 Å². The van der Waals surface area contributed by atoms with Gasteiger partial charge in [-0.05, 0) is 27.4 Å². The highest BCUT2D eigenvalue weighted by Crippen LogP contribution is 2.43. The lowest BCUT2D eigenvalue weighted by molar-refractivity contribution is 0.234. The average molecular weight is 421 g/mol. The summed E-state index contributed by atoms with van der Waals surface area (Å²) in [6, 6.07) is 21.5. The summed E-state index contributed by atoms with van der Waals surface area (Å²) in [5, 5.41) is 16.9. The maximum Gasteiger partial charge on any atom is 0.261 e. The van der Waals surface area contributed by atoms with Crippen molar-refractivity contribution in [2.45, 2.75) is 44.1 Å². The van der Waals surface area contributed by atoms with Crippen LogP contribution in [0.25, 0.3) is 0 Å². The molecule has 0 aliphatic heterocycles. The van der Waals surface area contributed by atoms with Gasteiger partial charge in [-0.1, -0.05) is 81.4 Å². The van der Waals surface area contributed by atoms with Crippen molar-refractivity contribution < 1.29 is 9.53 Å². The number of fused-ring (bicyclic) bond motifs is 1. The Hall–Kier alpha value is -2.21. The molecule has 0 radical (unpaired) electrons. The molecule has 1 aliphatic rings. The lowest BCUT2D eigenvalue weighted by Gasteiger charge is -2.43. The molecule has 0 saturated heterocycles. The van der Waals surface area contributed by atoms with Gasteiger partial charge >= 0.3 is 0 Å². The maximum absolute atomic E-state index is 9.91. The Morgan fingerprint density at radius 2 is 1.57 bits per heavy atom. The van der Waals surface area contributed by atoms with Crippen LogP contribution in [0.5, 0.6) is 0 Å². The second-order valence-electron chi connectivity index (χ2n) is 9.40. The van der Waals surface area contributed by atoms with Crippen LogP contribution in [0.1, 0.15) is 50.3 Å². The highest BCUT2D eigenvalue weighted by molar-refractivity contribution is 6.99. The van der Waals surface area contributed by atoms with Crippen LogP contribution in [0.2, 0.25) is 5.04 Å². The molecule has 0 saturated carbocycles. The van der Waals surface area contributed by atoms with Crippen LogP contribution in [0, 0.1) is 0 Å². The van der Waals surface area contributed by atoms with Gasteiger partial charge in [0, 0.05) is 31.2 Å². The van der Waals surface area contributed by atoms with Crippen molar-refractivity contribution in [2.75, 3.05) is 13.2 Å². The fourth-order valence-corrected chi connectivity index (χ4v) is 9.77. The van der Waals surface area contributed by atoms with E-state index in [2.05, 4.69) is 86.5 Å². The SMILES string of the molecule is Cn1ncc2c1[C@H](CO)C[C@@H]2CO[Si](c1ccccc1)(c1ccccc1)C(C)(C)C. The van der Waals surface area contributed by atoms with Gasteiger partial charge < -0.3 is 9.53 Å². The van der Waals surface area contributed by atoms with Gasteiger partial charge in [0.25, 0.3) is 8.32 Å². The van der Waals surface area contributed by atoms with Crippen molar-refractivity contribution >= 4 is 18.7 Å². The molecule has 3 aromatic rings. The van der Waals surface area contributed by atoms with Crippen LogP contribution in [0.15, 0.2) is 66.9 Å². The van der Waals surface area contributed by atoms with Gasteiger partial charge in [0.2, 0.25) is 0 Å². The highest BCUT2D eigenvalue weighted by Gasteiger charge is 2.50. The van der Waals surface area contributed by atoms with Gasteiger partial charge in [0.15, 0.2) is 0 Å². The number of hydrogen-bond donors (Lipinski definition) is 1. The minimum absolute atomic E-state index is 0.0392. The lowest BCUT2D eigenvalue weighted by atomic mass is 10.0. The van der Waals surface area contributed by atoms with E-state index in [9.17, 15) is 5.11 Å². The number of benzene rings is 2. The Morgan fingerprint density at radius 3 is 2.07 bits per heavy atom. The standard InChI is InChI=1S/C25H32N2O2Si/c1-25(2,3)30(21-11-7-5-8-12-21,22-13-9-6-10-14-22)29-18-20-15-19(17-28)24-23(20)16-26-27(24)4/h5-14,16,19-20,28H,15,17-18H2,1-4H3/t19-,20+/m0/s1. The third kappa shape index (κ3) is 3.45. The zero-order valence-electron chi connectivity index (χ0n) is 18.4. The molecule has 0 amide bonds. The predicted octanol–water partition coefficient (Wildman–Crippen LogP) is 3.56. The van der Waals surface area contributed by atoms with Crippen LogP contribution in [0.3, 0.4) is 0 Å². The molecular weight excluding hydrogens is 388 g/mol. The Balaban J connectivity index is 1.75. The zero-order chi connectivity index (χ0) is 21.4. The molecule has 1 N–H and O–H groups in total. The molecule has 0 unspecified atom stereocenters. The molecular formula is C25H32N2O2Si. The minimum Gasteiger partial charge on any atom is -0.407 e. The average Bonchev–Trinajstić information content (AvgIpc) is 3.30. The molecule has 1 aliphatic carbocycles. The summed E-state index contributed by atoms with van der Waals surface area (Å²) in [5.74, 6) is 0.396. The number of rotatable bonds is 6. The van der Waals surface area contributed by atoms with E-state index in [1.54, 1.807) is 0 Å². The van der Waals surface area contributed by atoms with E-state index in [1.807, 2.05) is 17.9 Å². The van der Waals surface area contributed by atoms with Crippen molar-refractivity contribution in [1.29, 1.82) is 0 Å². The van der Waals surface area contributed by atoms with Crippen molar-refractivity contribution in [3.05, 3.63) is 78.1 Å². The van der Waals surface area contributed by atoms with E-state index >= 15 is 0 Å². The van der Waals surface area contributed by atoms with Crippen molar-refractivity contribution in [2.24, 2.45) is 7.05 Å². The number of hydrogen-bond acceptors (Lipinski definition) is 3. The summed E-state index contributed by atoms with van der Waals surface area (Å²) in [6.07, 6.45) is 2.88.